The van der Waals surface area contributed by atoms with Gasteiger partial charge in [0.25, 0.3) is 0 Å². The highest BCUT2D eigenvalue weighted by Crippen LogP contribution is 2.23. The van der Waals surface area contributed by atoms with E-state index in [2.05, 4.69) is 33.8 Å². The second-order valence-electron chi connectivity index (χ2n) is 5.46. The largest absolute Gasteiger partial charge is 0.379 e. The van der Waals surface area contributed by atoms with E-state index in [-0.39, 0.29) is 0 Å². The van der Waals surface area contributed by atoms with Crippen LogP contribution < -0.4 is 5.32 Å². The smallest absolute Gasteiger partial charge is 0.102 e. The Hall–Kier alpha value is -2.37. The molecule has 0 bridgehead atoms. The van der Waals surface area contributed by atoms with E-state index in [0.717, 1.165) is 17.1 Å². The summed E-state index contributed by atoms with van der Waals surface area (Å²) in [6.45, 7) is 2.02. The zero-order valence-electron chi connectivity index (χ0n) is 12.4. The molecule has 23 heavy (non-hydrogen) atoms. The van der Waals surface area contributed by atoms with E-state index >= 15 is 0 Å². The Morgan fingerprint density at radius 3 is 2.78 bits per heavy atom. The van der Waals surface area contributed by atoms with Gasteiger partial charge in [0.05, 0.1) is 31.6 Å². The van der Waals surface area contributed by atoms with Crippen molar-refractivity contribution in [2.45, 2.75) is 19.8 Å². The van der Waals surface area contributed by atoms with Crippen LogP contribution in [0.3, 0.4) is 0 Å². The summed E-state index contributed by atoms with van der Waals surface area (Å²) in [7, 11) is 0. The molecule has 0 saturated heterocycles. The van der Waals surface area contributed by atoms with Crippen molar-refractivity contribution in [2.24, 2.45) is 0 Å². The zero-order valence-corrected chi connectivity index (χ0v) is 13.1. The molecule has 4 rings (SSSR count). The number of aromatic nitrogens is 3. The predicted octanol–water partition coefficient (Wildman–Crippen LogP) is 3.56. The first-order valence-electron chi connectivity index (χ1n) is 7.38. The highest BCUT2D eigenvalue weighted by molar-refractivity contribution is 6.30. The minimum Gasteiger partial charge on any atom is -0.379 e. The molecule has 1 aliphatic rings. The van der Waals surface area contributed by atoms with Crippen LogP contribution in [0.5, 0.6) is 0 Å². The Labute approximate surface area is 138 Å². The maximum absolute atomic E-state index is 5.90. The summed E-state index contributed by atoms with van der Waals surface area (Å²) in [5, 5.41) is 12.4. The number of anilines is 1. The first-order chi connectivity index (χ1) is 11.3. The van der Waals surface area contributed by atoms with Crippen LogP contribution in [0, 0.1) is 0 Å². The van der Waals surface area contributed by atoms with Crippen molar-refractivity contribution in [3.8, 4) is 5.69 Å². The molecule has 3 aromatic rings. The SMILES string of the molecule is Clc1ccc(-n2cc(CNc3ccc4c(c3)COC4)nn2)cc1. The van der Waals surface area contributed by atoms with Gasteiger partial charge in [0.1, 0.15) is 5.69 Å². The van der Waals surface area contributed by atoms with E-state index in [0.29, 0.717) is 24.8 Å². The number of ether oxygens (including phenoxy) is 1. The molecule has 2 heterocycles. The van der Waals surface area contributed by atoms with Crippen molar-refractivity contribution >= 4 is 17.3 Å². The Balaban J connectivity index is 1.44. The van der Waals surface area contributed by atoms with Gasteiger partial charge in [0, 0.05) is 10.7 Å². The van der Waals surface area contributed by atoms with Crippen LogP contribution in [-0.2, 0) is 24.5 Å². The van der Waals surface area contributed by atoms with Crippen LogP contribution in [0.25, 0.3) is 5.69 Å². The molecule has 0 radical (unpaired) electrons. The topological polar surface area (TPSA) is 52.0 Å². The summed E-state index contributed by atoms with van der Waals surface area (Å²) < 4.78 is 7.17. The minimum atomic E-state index is 0.618. The molecular weight excluding hydrogens is 312 g/mol. The van der Waals surface area contributed by atoms with Gasteiger partial charge in [-0.2, -0.15) is 0 Å². The van der Waals surface area contributed by atoms with Crippen LogP contribution in [0.15, 0.2) is 48.7 Å². The normalized spacial score (nSPS) is 13.1. The van der Waals surface area contributed by atoms with Crippen LogP contribution in [0.1, 0.15) is 16.8 Å². The molecule has 6 heteroatoms. The molecule has 1 N–H and O–H groups in total. The Bertz CT molecular complexity index is 829. The van der Waals surface area contributed by atoms with Gasteiger partial charge in [-0.1, -0.05) is 22.9 Å². The third-order valence-corrected chi connectivity index (χ3v) is 4.08. The molecule has 0 unspecified atom stereocenters. The van der Waals surface area contributed by atoms with Crippen molar-refractivity contribution in [3.63, 3.8) is 0 Å². The van der Waals surface area contributed by atoms with Crippen LogP contribution in [-0.4, -0.2) is 15.0 Å². The standard InChI is InChI=1S/C17H15ClN4O/c18-14-2-5-17(6-3-14)22-9-16(20-21-22)8-19-15-4-1-12-10-23-11-13(12)7-15/h1-7,9,19H,8,10-11H2. The van der Waals surface area contributed by atoms with E-state index in [1.165, 1.54) is 11.1 Å². The molecule has 2 aromatic carbocycles. The van der Waals surface area contributed by atoms with E-state index in [4.69, 9.17) is 16.3 Å². The molecule has 0 amide bonds. The summed E-state index contributed by atoms with van der Waals surface area (Å²) in [6, 6.07) is 13.8. The summed E-state index contributed by atoms with van der Waals surface area (Å²) in [4.78, 5) is 0. The first kappa shape index (κ1) is 14.2. The molecule has 0 atom stereocenters. The lowest BCUT2D eigenvalue weighted by molar-refractivity contribution is 0.134. The summed E-state index contributed by atoms with van der Waals surface area (Å²) in [5.74, 6) is 0. The van der Waals surface area contributed by atoms with E-state index in [1.54, 1.807) is 4.68 Å². The number of rotatable bonds is 4. The fourth-order valence-electron chi connectivity index (χ4n) is 2.57. The highest BCUT2D eigenvalue weighted by Gasteiger charge is 2.11. The number of benzene rings is 2. The first-order valence-corrected chi connectivity index (χ1v) is 7.76. The lowest BCUT2D eigenvalue weighted by Gasteiger charge is -2.06. The van der Waals surface area contributed by atoms with Gasteiger partial charge in [0.15, 0.2) is 0 Å². The Morgan fingerprint density at radius 2 is 1.91 bits per heavy atom. The average molecular weight is 327 g/mol. The molecule has 1 aliphatic heterocycles. The number of hydrogen-bond acceptors (Lipinski definition) is 4. The molecule has 5 nitrogen and oxygen atoms in total. The zero-order chi connectivity index (χ0) is 15.6. The third kappa shape index (κ3) is 3.06. The Morgan fingerprint density at radius 1 is 1.09 bits per heavy atom. The molecule has 0 saturated carbocycles. The summed E-state index contributed by atoms with van der Waals surface area (Å²) in [5.41, 5.74) is 5.39. The van der Waals surface area contributed by atoms with Crippen molar-refractivity contribution in [1.82, 2.24) is 15.0 Å². The van der Waals surface area contributed by atoms with Gasteiger partial charge < -0.3 is 10.1 Å². The molecule has 116 valence electrons. The number of fused-ring (bicyclic) bond motifs is 1. The fraction of sp³-hybridized carbons (Fsp3) is 0.176. The second-order valence-corrected chi connectivity index (χ2v) is 5.90. The predicted molar refractivity (Wildman–Crippen MR) is 88.6 cm³/mol. The van der Waals surface area contributed by atoms with E-state index in [9.17, 15) is 0 Å². The van der Waals surface area contributed by atoms with Gasteiger partial charge in [-0.05, 0) is 47.5 Å². The number of hydrogen-bond donors (Lipinski definition) is 1. The molecule has 0 fully saturated rings. The van der Waals surface area contributed by atoms with Crippen molar-refractivity contribution in [1.29, 1.82) is 0 Å². The van der Waals surface area contributed by atoms with Gasteiger partial charge in [-0.25, -0.2) is 4.68 Å². The van der Waals surface area contributed by atoms with Crippen molar-refractivity contribution in [3.05, 3.63) is 70.5 Å². The van der Waals surface area contributed by atoms with Crippen molar-refractivity contribution in [2.75, 3.05) is 5.32 Å². The van der Waals surface area contributed by atoms with E-state index in [1.807, 2.05) is 30.5 Å². The van der Waals surface area contributed by atoms with E-state index < -0.39 is 0 Å². The fourth-order valence-corrected chi connectivity index (χ4v) is 2.70. The third-order valence-electron chi connectivity index (χ3n) is 3.83. The molecule has 0 aliphatic carbocycles. The summed E-state index contributed by atoms with van der Waals surface area (Å²) >= 11 is 5.90. The number of halogens is 1. The number of nitrogens with zero attached hydrogens (tertiary/aromatic N) is 3. The maximum atomic E-state index is 5.90. The second kappa shape index (κ2) is 6.02. The lowest BCUT2D eigenvalue weighted by atomic mass is 10.1. The van der Waals surface area contributed by atoms with Gasteiger partial charge in [0.2, 0.25) is 0 Å². The van der Waals surface area contributed by atoms with Gasteiger partial charge in [-0.15, -0.1) is 5.10 Å². The molecule has 0 spiro atoms. The van der Waals surface area contributed by atoms with Gasteiger partial charge >= 0.3 is 0 Å². The average Bonchev–Trinajstić information content (AvgIpc) is 3.22. The minimum absolute atomic E-state index is 0.618. The van der Waals surface area contributed by atoms with Crippen LogP contribution in [0.2, 0.25) is 5.02 Å². The van der Waals surface area contributed by atoms with Crippen LogP contribution >= 0.6 is 11.6 Å². The quantitative estimate of drug-likeness (QED) is 0.796. The summed E-state index contributed by atoms with van der Waals surface area (Å²) in [6.07, 6.45) is 1.91. The monoisotopic (exact) mass is 326 g/mol. The highest BCUT2D eigenvalue weighted by atomic mass is 35.5. The number of nitrogens with one attached hydrogen (secondary N) is 1. The lowest BCUT2D eigenvalue weighted by Crippen LogP contribution is -2.00. The Kier molecular flexibility index (Phi) is 3.73. The molecular formula is C17H15ClN4O. The van der Waals surface area contributed by atoms with Crippen molar-refractivity contribution < 1.29 is 4.74 Å². The van der Waals surface area contributed by atoms with Gasteiger partial charge in [-0.3, -0.25) is 0 Å². The van der Waals surface area contributed by atoms with Crippen LogP contribution in [0.4, 0.5) is 5.69 Å². The molecule has 1 aromatic heterocycles. The maximum Gasteiger partial charge on any atom is 0.102 e.